The molecule has 7 heteroatoms. The van der Waals surface area contributed by atoms with E-state index in [9.17, 15) is 4.79 Å². The normalized spacial score (nSPS) is 17.5. The van der Waals surface area contributed by atoms with Gasteiger partial charge in [-0.3, -0.25) is 9.69 Å². The van der Waals surface area contributed by atoms with Crippen LogP contribution in [-0.4, -0.2) is 46.7 Å². The third-order valence-electron chi connectivity index (χ3n) is 3.62. The summed E-state index contributed by atoms with van der Waals surface area (Å²) in [5.41, 5.74) is 2.68. The van der Waals surface area contributed by atoms with Gasteiger partial charge in [-0.25, -0.2) is 5.84 Å². The highest BCUT2D eigenvalue weighted by Gasteiger charge is 2.17. The van der Waals surface area contributed by atoms with Crippen molar-refractivity contribution in [2.24, 2.45) is 5.84 Å². The molecule has 1 aromatic heterocycles. The Hall–Kier alpha value is -1.73. The lowest BCUT2D eigenvalue weighted by molar-refractivity contribution is 0.0924. The highest BCUT2D eigenvalue weighted by Crippen LogP contribution is 2.11. The van der Waals surface area contributed by atoms with Crippen LogP contribution in [0.3, 0.4) is 0 Å². The molecule has 1 fully saturated rings. The largest absolute Gasteiger partial charge is 0.349 e. The molecular weight excluding hydrogens is 256 g/mol. The van der Waals surface area contributed by atoms with Gasteiger partial charge in [0.25, 0.3) is 5.91 Å². The molecule has 20 heavy (non-hydrogen) atoms. The Balaban J connectivity index is 1.81. The van der Waals surface area contributed by atoms with Crippen molar-refractivity contribution in [3.05, 3.63) is 17.8 Å². The molecule has 0 spiro atoms. The molecule has 1 amide bonds. The Morgan fingerprint density at radius 1 is 1.35 bits per heavy atom. The second-order valence-corrected chi connectivity index (χ2v) is 5.10. The van der Waals surface area contributed by atoms with Crippen LogP contribution >= 0.6 is 0 Å². The van der Waals surface area contributed by atoms with Crippen LogP contribution in [0.25, 0.3) is 0 Å². The predicted molar refractivity (Wildman–Crippen MR) is 77.1 cm³/mol. The first-order chi connectivity index (χ1) is 9.70. The number of carbonyl (C=O) groups is 1. The van der Waals surface area contributed by atoms with Crippen LogP contribution in [0, 0.1) is 0 Å². The van der Waals surface area contributed by atoms with E-state index in [1.54, 1.807) is 12.1 Å². The van der Waals surface area contributed by atoms with Gasteiger partial charge in [0.15, 0.2) is 11.5 Å². The van der Waals surface area contributed by atoms with Gasteiger partial charge in [0.2, 0.25) is 0 Å². The summed E-state index contributed by atoms with van der Waals surface area (Å²) in [6, 6.07) is 3.57. The first-order valence-corrected chi connectivity index (χ1v) is 7.03. The Morgan fingerprint density at radius 3 is 2.70 bits per heavy atom. The van der Waals surface area contributed by atoms with Gasteiger partial charge in [0.05, 0.1) is 0 Å². The van der Waals surface area contributed by atoms with Gasteiger partial charge < -0.3 is 10.7 Å². The molecule has 0 aromatic carbocycles. The van der Waals surface area contributed by atoms with Crippen molar-refractivity contribution in [3.8, 4) is 0 Å². The summed E-state index contributed by atoms with van der Waals surface area (Å²) in [6.45, 7) is 5.00. The van der Waals surface area contributed by atoms with Crippen molar-refractivity contribution < 1.29 is 4.79 Å². The number of hydrogen-bond donors (Lipinski definition) is 3. The molecule has 1 saturated heterocycles. The molecular formula is C13H22N6O. The van der Waals surface area contributed by atoms with Crippen molar-refractivity contribution in [1.82, 2.24) is 20.4 Å². The molecule has 1 aliphatic rings. The van der Waals surface area contributed by atoms with E-state index in [2.05, 4.69) is 32.8 Å². The number of nitrogen functional groups attached to an aromatic ring is 1. The van der Waals surface area contributed by atoms with Crippen molar-refractivity contribution in [2.75, 3.05) is 25.1 Å². The topological polar surface area (TPSA) is 96.2 Å². The fraction of sp³-hybridized carbons (Fsp3) is 0.615. The zero-order valence-electron chi connectivity index (χ0n) is 11.8. The molecule has 110 valence electrons. The summed E-state index contributed by atoms with van der Waals surface area (Å²) < 4.78 is 0. The van der Waals surface area contributed by atoms with Crippen molar-refractivity contribution in [3.63, 3.8) is 0 Å². The number of aromatic nitrogens is 2. The molecule has 2 rings (SSSR count). The van der Waals surface area contributed by atoms with Crippen LogP contribution < -0.4 is 16.6 Å². The van der Waals surface area contributed by atoms with Crippen LogP contribution in [0.15, 0.2) is 12.1 Å². The Labute approximate surface area is 118 Å². The number of anilines is 1. The van der Waals surface area contributed by atoms with Crippen LogP contribution in [0.2, 0.25) is 0 Å². The van der Waals surface area contributed by atoms with Gasteiger partial charge in [-0.05, 0) is 45.0 Å². The quantitative estimate of drug-likeness (QED) is 0.532. The summed E-state index contributed by atoms with van der Waals surface area (Å²) >= 11 is 0. The maximum Gasteiger partial charge on any atom is 0.271 e. The fourth-order valence-electron chi connectivity index (χ4n) is 2.35. The number of hydrogen-bond acceptors (Lipinski definition) is 6. The standard InChI is InChI=1S/C13H22N6O/c1-10(19-7-3-2-4-8-19)9-15-13(20)11-5-6-12(16-14)18-17-11/h5-6,10H,2-4,7-9,14H2,1H3,(H,15,20)(H,16,18). The number of likely N-dealkylation sites (tertiary alicyclic amines) is 1. The maximum absolute atomic E-state index is 11.9. The molecule has 4 N–H and O–H groups in total. The number of nitrogens with zero attached hydrogens (tertiary/aromatic N) is 3. The monoisotopic (exact) mass is 278 g/mol. The van der Waals surface area contributed by atoms with E-state index in [1.807, 2.05) is 0 Å². The first kappa shape index (κ1) is 14.7. The summed E-state index contributed by atoms with van der Waals surface area (Å²) in [5, 5.41) is 10.5. The van der Waals surface area contributed by atoms with E-state index in [-0.39, 0.29) is 5.91 Å². The van der Waals surface area contributed by atoms with Gasteiger partial charge in [0, 0.05) is 12.6 Å². The van der Waals surface area contributed by atoms with E-state index in [0.29, 0.717) is 24.1 Å². The van der Waals surface area contributed by atoms with Gasteiger partial charge in [-0.1, -0.05) is 6.42 Å². The number of carbonyl (C=O) groups excluding carboxylic acids is 1. The average molecular weight is 278 g/mol. The minimum atomic E-state index is -0.204. The zero-order valence-corrected chi connectivity index (χ0v) is 11.8. The second kappa shape index (κ2) is 7.16. The van der Waals surface area contributed by atoms with E-state index in [1.165, 1.54) is 19.3 Å². The van der Waals surface area contributed by atoms with Crippen LogP contribution in [0.4, 0.5) is 5.82 Å². The number of rotatable bonds is 5. The Kier molecular flexibility index (Phi) is 5.25. The van der Waals surface area contributed by atoms with Crippen LogP contribution in [-0.2, 0) is 0 Å². The maximum atomic E-state index is 11.9. The lowest BCUT2D eigenvalue weighted by atomic mass is 10.1. The summed E-state index contributed by atoms with van der Waals surface area (Å²) in [4.78, 5) is 14.4. The second-order valence-electron chi connectivity index (χ2n) is 5.10. The number of hydrazine groups is 1. The fourth-order valence-corrected chi connectivity index (χ4v) is 2.35. The number of nitrogens with one attached hydrogen (secondary N) is 2. The minimum absolute atomic E-state index is 0.204. The molecule has 1 atom stereocenters. The van der Waals surface area contributed by atoms with E-state index >= 15 is 0 Å². The van der Waals surface area contributed by atoms with Gasteiger partial charge >= 0.3 is 0 Å². The lowest BCUT2D eigenvalue weighted by Gasteiger charge is -2.32. The zero-order chi connectivity index (χ0) is 14.4. The molecule has 2 heterocycles. The molecule has 1 unspecified atom stereocenters. The van der Waals surface area contributed by atoms with Crippen molar-refractivity contribution in [1.29, 1.82) is 0 Å². The van der Waals surface area contributed by atoms with E-state index in [4.69, 9.17) is 5.84 Å². The van der Waals surface area contributed by atoms with Gasteiger partial charge in [-0.2, -0.15) is 0 Å². The van der Waals surface area contributed by atoms with Gasteiger partial charge in [-0.15, -0.1) is 10.2 Å². The number of piperidine rings is 1. The predicted octanol–water partition coefficient (Wildman–Crippen LogP) is 0.366. The Morgan fingerprint density at radius 2 is 2.10 bits per heavy atom. The number of nitrogens with two attached hydrogens (primary N) is 1. The Bertz CT molecular complexity index is 429. The molecule has 7 nitrogen and oxygen atoms in total. The van der Waals surface area contributed by atoms with E-state index < -0.39 is 0 Å². The first-order valence-electron chi connectivity index (χ1n) is 7.03. The highest BCUT2D eigenvalue weighted by atomic mass is 16.1. The molecule has 0 saturated carbocycles. The molecule has 0 bridgehead atoms. The smallest absolute Gasteiger partial charge is 0.271 e. The summed E-state index contributed by atoms with van der Waals surface area (Å²) in [6.07, 6.45) is 3.81. The van der Waals surface area contributed by atoms with Crippen molar-refractivity contribution >= 4 is 11.7 Å². The summed E-state index contributed by atoms with van der Waals surface area (Å²) in [5.74, 6) is 5.43. The lowest BCUT2D eigenvalue weighted by Crippen LogP contribution is -2.44. The molecule has 1 aromatic rings. The van der Waals surface area contributed by atoms with Crippen LogP contribution in [0.5, 0.6) is 0 Å². The third-order valence-corrected chi connectivity index (χ3v) is 3.62. The minimum Gasteiger partial charge on any atom is -0.349 e. The van der Waals surface area contributed by atoms with Gasteiger partial charge in [0.1, 0.15) is 0 Å². The molecule has 1 aliphatic heterocycles. The SMILES string of the molecule is CC(CNC(=O)c1ccc(NN)nn1)N1CCCCC1. The van der Waals surface area contributed by atoms with Crippen molar-refractivity contribution in [2.45, 2.75) is 32.2 Å². The third kappa shape index (κ3) is 3.88. The molecule has 0 aliphatic carbocycles. The average Bonchev–Trinajstić information content (AvgIpc) is 2.53. The van der Waals surface area contributed by atoms with E-state index in [0.717, 1.165) is 13.1 Å². The highest BCUT2D eigenvalue weighted by molar-refractivity contribution is 5.92. The summed E-state index contributed by atoms with van der Waals surface area (Å²) in [7, 11) is 0. The van der Waals surface area contributed by atoms with Crippen LogP contribution in [0.1, 0.15) is 36.7 Å². The molecule has 0 radical (unpaired) electrons. The number of amides is 1.